The second-order valence-corrected chi connectivity index (χ2v) is 6.43. The minimum atomic E-state index is -1.12. The first-order valence-corrected chi connectivity index (χ1v) is 7.90. The van der Waals surface area contributed by atoms with E-state index in [1.54, 1.807) is 6.07 Å². The molecule has 20 heavy (non-hydrogen) atoms. The molecule has 1 unspecified atom stereocenters. The third-order valence-corrected chi connectivity index (χ3v) is 4.61. The topological polar surface area (TPSA) is 40.9 Å². The van der Waals surface area contributed by atoms with Crippen LogP contribution in [0.2, 0.25) is 0 Å². The fourth-order valence-corrected chi connectivity index (χ4v) is 3.12. The molecular formula is C17H17NOS. The molecule has 0 saturated carbocycles. The van der Waals surface area contributed by atoms with Gasteiger partial charge in [-0.3, -0.25) is 4.21 Å². The first kappa shape index (κ1) is 14.5. The third-order valence-electron chi connectivity index (χ3n) is 3.23. The molecule has 0 aliphatic heterocycles. The highest BCUT2D eigenvalue weighted by Gasteiger charge is 2.09. The van der Waals surface area contributed by atoms with Crippen LogP contribution in [0.4, 0.5) is 0 Å². The van der Waals surface area contributed by atoms with Gasteiger partial charge in [0.25, 0.3) is 0 Å². The number of hydrogen-bond donors (Lipinski definition) is 0. The SMILES string of the molecule is CC(C)c1ccc(S(=O)Cc2ccccc2C#N)cc1. The fraction of sp³-hybridized carbons (Fsp3) is 0.235. The van der Waals surface area contributed by atoms with Gasteiger partial charge in [0, 0.05) is 4.90 Å². The molecule has 0 spiro atoms. The summed E-state index contributed by atoms with van der Waals surface area (Å²) in [5.74, 6) is 0.849. The normalized spacial score (nSPS) is 12.1. The fourth-order valence-electron chi connectivity index (χ4n) is 1.98. The van der Waals surface area contributed by atoms with Gasteiger partial charge in [-0.25, -0.2) is 0 Å². The Bertz CT molecular complexity index is 653. The van der Waals surface area contributed by atoms with Gasteiger partial charge in [0.15, 0.2) is 0 Å². The summed E-state index contributed by atoms with van der Waals surface area (Å²) in [4.78, 5) is 0.808. The van der Waals surface area contributed by atoms with Crippen LogP contribution in [0.5, 0.6) is 0 Å². The molecule has 2 aromatic carbocycles. The summed E-state index contributed by atoms with van der Waals surface area (Å²) in [5.41, 5.74) is 2.67. The maximum atomic E-state index is 12.4. The lowest BCUT2D eigenvalue weighted by molar-refractivity contribution is 0.682. The second kappa shape index (κ2) is 6.49. The molecule has 0 heterocycles. The number of hydrogen-bond acceptors (Lipinski definition) is 2. The Labute approximate surface area is 122 Å². The molecule has 0 radical (unpaired) electrons. The summed E-state index contributed by atoms with van der Waals surface area (Å²) in [6, 6.07) is 17.3. The first-order valence-electron chi connectivity index (χ1n) is 6.58. The molecule has 0 fully saturated rings. The van der Waals surface area contributed by atoms with Crippen LogP contribution in [-0.2, 0) is 16.6 Å². The van der Waals surface area contributed by atoms with E-state index < -0.39 is 10.8 Å². The van der Waals surface area contributed by atoms with E-state index in [9.17, 15) is 4.21 Å². The highest BCUT2D eigenvalue weighted by atomic mass is 32.2. The van der Waals surface area contributed by atoms with Crippen LogP contribution in [0.25, 0.3) is 0 Å². The molecular weight excluding hydrogens is 266 g/mol. The maximum Gasteiger partial charge on any atom is 0.0994 e. The van der Waals surface area contributed by atoms with Crippen molar-refractivity contribution in [3.63, 3.8) is 0 Å². The number of nitriles is 1. The lowest BCUT2D eigenvalue weighted by Gasteiger charge is -2.07. The molecule has 0 bridgehead atoms. The zero-order valence-electron chi connectivity index (χ0n) is 11.7. The molecule has 0 aromatic heterocycles. The molecule has 1 atom stereocenters. The van der Waals surface area contributed by atoms with E-state index in [1.807, 2.05) is 42.5 Å². The summed E-state index contributed by atoms with van der Waals surface area (Å²) < 4.78 is 12.4. The Balaban J connectivity index is 2.18. The van der Waals surface area contributed by atoms with E-state index in [-0.39, 0.29) is 0 Å². The summed E-state index contributed by atoms with van der Waals surface area (Å²) in [7, 11) is -1.12. The lowest BCUT2D eigenvalue weighted by Crippen LogP contribution is -1.99. The second-order valence-electron chi connectivity index (χ2n) is 4.98. The largest absolute Gasteiger partial charge is 0.254 e. The van der Waals surface area contributed by atoms with Gasteiger partial charge in [0.2, 0.25) is 0 Å². The maximum absolute atomic E-state index is 12.4. The van der Waals surface area contributed by atoms with Gasteiger partial charge < -0.3 is 0 Å². The Kier molecular flexibility index (Phi) is 4.70. The lowest BCUT2D eigenvalue weighted by atomic mass is 10.0. The number of benzene rings is 2. The first-order chi connectivity index (χ1) is 9.61. The molecule has 2 aromatic rings. The number of rotatable bonds is 4. The average Bonchev–Trinajstić information content (AvgIpc) is 2.48. The van der Waals surface area contributed by atoms with Crippen molar-refractivity contribution >= 4 is 10.8 Å². The Morgan fingerprint density at radius 3 is 2.35 bits per heavy atom. The van der Waals surface area contributed by atoms with Crippen molar-refractivity contribution in [3.05, 3.63) is 65.2 Å². The van der Waals surface area contributed by atoms with Crippen LogP contribution < -0.4 is 0 Å². The van der Waals surface area contributed by atoms with Gasteiger partial charge in [0.05, 0.1) is 28.2 Å². The van der Waals surface area contributed by atoms with Gasteiger partial charge >= 0.3 is 0 Å². The molecule has 0 amide bonds. The highest BCUT2D eigenvalue weighted by molar-refractivity contribution is 7.84. The van der Waals surface area contributed by atoms with Crippen LogP contribution in [0.3, 0.4) is 0 Å². The van der Waals surface area contributed by atoms with Crippen LogP contribution in [0, 0.1) is 11.3 Å². The monoisotopic (exact) mass is 283 g/mol. The Morgan fingerprint density at radius 1 is 1.10 bits per heavy atom. The molecule has 102 valence electrons. The summed E-state index contributed by atoms with van der Waals surface area (Å²) in [6.07, 6.45) is 0. The van der Waals surface area contributed by atoms with E-state index >= 15 is 0 Å². The molecule has 2 nitrogen and oxygen atoms in total. The van der Waals surface area contributed by atoms with Gasteiger partial charge in [-0.15, -0.1) is 0 Å². The van der Waals surface area contributed by atoms with Crippen molar-refractivity contribution in [3.8, 4) is 6.07 Å². The van der Waals surface area contributed by atoms with E-state index in [0.717, 1.165) is 10.5 Å². The van der Waals surface area contributed by atoms with Gasteiger partial charge in [-0.1, -0.05) is 44.2 Å². The van der Waals surface area contributed by atoms with Crippen LogP contribution in [-0.4, -0.2) is 4.21 Å². The van der Waals surface area contributed by atoms with Crippen molar-refractivity contribution in [1.29, 1.82) is 5.26 Å². The van der Waals surface area contributed by atoms with Crippen molar-refractivity contribution < 1.29 is 4.21 Å². The van der Waals surface area contributed by atoms with Crippen molar-refractivity contribution in [1.82, 2.24) is 0 Å². The average molecular weight is 283 g/mol. The predicted molar refractivity (Wildman–Crippen MR) is 81.8 cm³/mol. The molecule has 0 saturated heterocycles. The summed E-state index contributed by atoms with van der Waals surface area (Å²) in [6.45, 7) is 4.27. The third kappa shape index (κ3) is 3.34. The Morgan fingerprint density at radius 2 is 1.75 bits per heavy atom. The summed E-state index contributed by atoms with van der Waals surface area (Å²) >= 11 is 0. The van der Waals surface area contributed by atoms with Crippen LogP contribution in [0.1, 0.15) is 36.5 Å². The zero-order valence-corrected chi connectivity index (χ0v) is 12.5. The highest BCUT2D eigenvalue weighted by Crippen LogP contribution is 2.19. The Hall–Kier alpha value is -1.92. The quantitative estimate of drug-likeness (QED) is 0.851. The molecule has 0 aliphatic rings. The van der Waals surface area contributed by atoms with E-state index in [0.29, 0.717) is 17.2 Å². The number of nitrogens with zero attached hydrogens (tertiary/aromatic N) is 1. The van der Waals surface area contributed by atoms with E-state index in [1.165, 1.54) is 5.56 Å². The molecule has 3 heteroatoms. The van der Waals surface area contributed by atoms with Crippen LogP contribution in [0.15, 0.2) is 53.4 Å². The van der Waals surface area contributed by atoms with Crippen LogP contribution >= 0.6 is 0 Å². The van der Waals surface area contributed by atoms with Crippen molar-refractivity contribution in [2.24, 2.45) is 0 Å². The minimum absolute atomic E-state index is 0.380. The smallest absolute Gasteiger partial charge is 0.0994 e. The standard InChI is InChI=1S/C17H17NOS/c1-13(2)14-7-9-17(10-8-14)20(19)12-16-6-4-3-5-15(16)11-18/h3-10,13H,12H2,1-2H3. The van der Waals surface area contributed by atoms with Gasteiger partial charge in [-0.2, -0.15) is 5.26 Å². The van der Waals surface area contributed by atoms with Gasteiger partial charge in [0.1, 0.15) is 0 Å². The van der Waals surface area contributed by atoms with E-state index in [4.69, 9.17) is 5.26 Å². The predicted octanol–water partition coefficient (Wildman–Crippen LogP) is 3.99. The molecule has 2 rings (SSSR count). The molecule has 0 aliphatic carbocycles. The molecule has 0 N–H and O–H groups in total. The van der Waals surface area contributed by atoms with Crippen molar-refractivity contribution in [2.75, 3.05) is 0 Å². The van der Waals surface area contributed by atoms with Crippen molar-refractivity contribution in [2.45, 2.75) is 30.4 Å². The minimum Gasteiger partial charge on any atom is -0.254 e. The summed E-state index contributed by atoms with van der Waals surface area (Å²) in [5, 5.41) is 9.05. The van der Waals surface area contributed by atoms with E-state index in [2.05, 4.69) is 19.9 Å². The van der Waals surface area contributed by atoms with Gasteiger partial charge in [-0.05, 0) is 35.2 Å². The zero-order chi connectivity index (χ0) is 14.5.